The number of anilines is 1. The van der Waals surface area contributed by atoms with Crippen molar-refractivity contribution < 1.29 is 14.6 Å². The maximum absolute atomic E-state index is 11.6. The summed E-state index contributed by atoms with van der Waals surface area (Å²) >= 11 is 0. The molecule has 0 aromatic carbocycles. The van der Waals surface area contributed by atoms with Gasteiger partial charge in [-0.3, -0.25) is 9.78 Å². The number of nitrogens with one attached hydrogen (secondary N) is 1. The highest BCUT2D eigenvalue weighted by molar-refractivity contribution is 5.37. The summed E-state index contributed by atoms with van der Waals surface area (Å²) in [4.78, 5) is 18.2. The number of hydrogen-bond acceptors (Lipinski definition) is 6. The van der Waals surface area contributed by atoms with Crippen molar-refractivity contribution in [3.8, 4) is 5.75 Å². The van der Waals surface area contributed by atoms with Crippen LogP contribution in [0.1, 0.15) is 24.5 Å². The molecule has 3 heterocycles. The average Bonchev–Trinajstić information content (AvgIpc) is 2.93. The third-order valence-corrected chi connectivity index (χ3v) is 3.47. The van der Waals surface area contributed by atoms with Gasteiger partial charge in [0.2, 0.25) is 11.7 Å². The van der Waals surface area contributed by atoms with Gasteiger partial charge in [-0.1, -0.05) is 0 Å². The van der Waals surface area contributed by atoms with E-state index < -0.39 is 0 Å². The first-order valence-corrected chi connectivity index (χ1v) is 5.98. The molecule has 98 valence electrons. The molecule has 1 aromatic rings. The standard InChI is InChI=1S/C11H15N3O4/c12-11-13-8-6(4-17-9(8)10(16)14-11)7-2-1-5(3-15)18-7/h5-7,15H,1-4H2,(H3,12,13,14,16)/t5-,6?,7+/m0/s1. The predicted molar refractivity (Wildman–Crippen MR) is 62.5 cm³/mol. The maximum Gasteiger partial charge on any atom is 0.294 e. The summed E-state index contributed by atoms with van der Waals surface area (Å²) in [6.45, 7) is 0.388. The van der Waals surface area contributed by atoms with Gasteiger partial charge in [0.15, 0.2) is 0 Å². The van der Waals surface area contributed by atoms with Gasteiger partial charge >= 0.3 is 0 Å². The molecule has 1 saturated heterocycles. The maximum atomic E-state index is 11.6. The molecular weight excluding hydrogens is 238 g/mol. The van der Waals surface area contributed by atoms with Crippen LogP contribution in [0.2, 0.25) is 0 Å². The van der Waals surface area contributed by atoms with Gasteiger partial charge in [0.05, 0.1) is 31.3 Å². The molecule has 1 aromatic heterocycles. The summed E-state index contributed by atoms with van der Waals surface area (Å²) in [6, 6.07) is 0. The molecule has 2 aliphatic rings. The Hall–Kier alpha value is -1.60. The smallest absolute Gasteiger partial charge is 0.294 e. The Morgan fingerprint density at radius 2 is 2.33 bits per heavy atom. The molecule has 1 unspecified atom stereocenters. The van der Waals surface area contributed by atoms with Crippen LogP contribution in [0.25, 0.3) is 0 Å². The predicted octanol–water partition coefficient (Wildman–Crippen LogP) is -0.632. The Kier molecular flexibility index (Phi) is 2.71. The Morgan fingerprint density at radius 3 is 3.06 bits per heavy atom. The molecule has 0 amide bonds. The van der Waals surface area contributed by atoms with E-state index in [0.29, 0.717) is 12.3 Å². The lowest BCUT2D eigenvalue weighted by molar-refractivity contribution is -0.00279. The monoisotopic (exact) mass is 253 g/mol. The van der Waals surface area contributed by atoms with E-state index >= 15 is 0 Å². The number of hydrogen-bond donors (Lipinski definition) is 3. The number of rotatable bonds is 2. The van der Waals surface area contributed by atoms with Gasteiger partial charge < -0.3 is 20.3 Å². The van der Waals surface area contributed by atoms with Gasteiger partial charge in [0.25, 0.3) is 5.56 Å². The second-order valence-corrected chi connectivity index (χ2v) is 4.64. The molecule has 3 rings (SSSR count). The summed E-state index contributed by atoms with van der Waals surface area (Å²) in [7, 11) is 0. The van der Waals surface area contributed by atoms with Gasteiger partial charge in [-0.2, -0.15) is 0 Å². The van der Waals surface area contributed by atoms with Crippen molar-refractivity contribution in [2.75, 3.05) is 18.9 Å². The highest BCUT2D eigenvalue weighted by Crippen LogP contribution is 2.38. The number of H-pyrrole nitrogens is 1. The number of nitrogens with two attached hydrogens (primary N) is 1. The summed E-state index contributed by atoms with van der Waals surface area (Å²) in [5.41, 5.74) is 5.76. The van der Waals surface area contributed by atoms with Crippen molar-refractivity contribution in [1.82, 2.24) is 9.97 Å². The van der Waals surface area contributed by atoms with Gasteiger partial charge in [-0.25, -0.2) is 4.98 Å². The van der Waals surface area contributed by atoms with Crippen LogP contribution < -0.4 is 16.0 Å². The summed E-state index contributed by atoms with van der Waals surface area (Å²) in [6.07, 6.45) is 1.44. The lowest BCUT2D eigenvalue weighted by Crippen LogP contribution is -2.23. The van der Waals surface area contributed by atoms with Crippen LogP contribution in [0.5, 0.6) is 5.75 Å². The van der Waals surface area contributed by atoms with Crippen LogP contribution in [0, 0.1) is 0 Å². The first kappa shape index (κ1) is 11.5. The lowest BCUT2D eigenvalue weighted by atomic mass is 9.98. The summed E-state index contributed by atoms with van der Waals surface area (Å²) < 4.78 is 11.1. The Bertz CT molecular complexity index is 516. The Labute approximate surface area is 103 Å². The third kappa shape index (κ3) is 1.75. The Morgan fingerprint density at radius 1 is 1.50 bits per heavy atom. The number of fused-ring (bicyclic) bond motifs is 1. The topological polar surface area (TPSA) is 110 Å². The molecule has 3 atom stereocenters. The molecule has 7 nitrogen and oxygen atoms in total. The quantitative estimate of drug-likeness (QED) is 0.647. The molecule has 2 aliphatic heterocycles. The molecule has 4 N–H and O–H groups in total. The summed E-state index contributed by atoms with van der Waals surface area (Å²) in [5.74, 6) is 0.248. The second-order valence-electron chi connectivity index (χ2n) is 4.64. The SMILES string of the molecule is Nc1nc2c(c(=O)[nH]1)OCC2[C@H]1CC[C@@H](CO)O1. The zero-order valence-electron chi connectivity index (χ0n) is 9.76. The van der Waals surface area contributed by atoms with E-state index in [1.807, 2.05) is 0 Å². The minimum Gasteiger partial charge on any atom is -0.486 e. The van der Waals surface area contributed by atoms with E-state index in [1.165, 1.54) is 0 Å². The largest absolute Gasteiger partial charge is 0.486 e. The Balaban J connectivity index is 1.89. The zero-order valence-corrected chi connectivity index (χ0v) is 9.76. The normalized spacial score (nSPS) is 30.2. The second kappa shape index (κ2) is 4.25. The number of aromatic amines is 1. The molecular formula is C11H15N3O4. The number of nitrogen functional groups attached to an aromatic ring is 1. The van der Waals surface area contributed by atoms with Gasteiger partial charge in [0.1, 0.15) is 5.69 Å². The van der Waals surface area contributed by atoms with Gasteiger partial charge in [0, 0.05) is 0 Å². The van der Waals surface area contributed by atoms with Crippen LogP contribution in [-0.4, -0.2) is 40.5 Å². The summed E-state index contributed by atoms with van der Waals surface area (Å²) in [5, 5.41) is 9.06. The first-order valence-electron chi connectivity index (χ1n) is 5.98. The number of nitrogens with zero attached hydrogens (tertiary/aromatic N) is 1. The van der Waals surface area contributed by atoms with E-state index in [4.69, 9.17) is 20.3 Å². The first-order chi connectivity index (χ1) is 8.69. The number of aromatic nitrogens is 2. The highest BCUT2D eigenvalue weighted by atomic mass is 16.5. The fourth-order valence-corrected chi connectivity index (χ4v) is 2.59. The van der Waals surface area contributed by atoms with Gasteiger partial charge in [-0.05, 0) is 12.8 Å². The molecule has 0 bridgehead atoms. The minimum absolute atomic E-state index is 0.0157. The zero-order chi connectivity index (χ0) is 12.7. The third-order valence-electron chi connectivity index (χ3n) is 3.47. The number of aliphatic hydroxyl groups excluding tert-OH is 1. The van der Waals surface area contributed by atoms with Crippen molar-refractivity contribution in [1.29, 1.82) is 0 Å². The molecule has 0 saturated carbocycles. The fourth-order valence-electron chi connectivity index (χ4n) is 2.59. The van der Waals surface area contributed by atoms with Gasteiger partial charge in [-0.15, -0.1) is 0 Å². The fraction of sp³-hybridized carbons (Fsp3) is 0.636. The van der Waals surface area contributed by atoms with Crippen molar-refractivity contribution in [3.05, 3.63) is 16.0 Å². The molecule has 0 radical (unpaired) electrons. The van der Waals surface area contributed by atoms with Crippen molar-refractivity contribution in [2.24, 2.45) is 0 Å². The molecule has 0 spiro atoms. The average molecular weight is 253 g/mol. The van der Waals surface area contributed by atoms with E-state index in [0.717, 1.165) is 12.8 Å². The minimum atomic E-state index is -0.350. The van der Waals surface area contributed by atoms with Crippen LogP contribution >= 0.6 is 0 Å². The van der Waals surface area contributed by atoms with E-state index in [-0.39, 0.29) is 42.0 Å². The van der Waals surface area contributed by atoms with Crippen molar-refractivity contribution in [3.63, 3.8) is 0 Å². The van der Waals surface area contributed by atoms with Crippen LogP contribution in [-0.2, 0) is 4.74 Å². The van der Waals surface area contributed by atoms with Crippen LogP contribution in [0.4, 0.5) is 5.95 Å². The lowest BCUT2D eigenvalue weighted by Gasteiger charge is -2.17. The number of ether oxygens (including phenoxy) is 2. The highest BCUT2D eigenvalue weighted by Gasteiger charge is 2.39. The van der Waals surface area contributed by atoms with E-state index in [1.54, 1.807) is 0 Å². The molecule has 7 heteroatoms. The van der Waals surface area contributed by atoms with Crippen LogP contribution in [0.15, 0.2) is 4.79 Å². The van der Waals surface area contributed by atoms with Crippen molar-refractivity contribution >= 4 is 5.95 Å². The van der Waals surface area contributed by atoms with Crippen molar-refractivity contribution in [2.45, 2.75) is 31.0 Å². The molecule has 1 fully saturated rings. The number of aliphatic hydroxyl groups is 1. The van der Waals surface area contributed by atoms with E-state index in [9.17, 15) is 4.79 Å². The van der Waals surface area contributed by atoms with Crippen LogP contribution in [0.3, 0.4) is 0 Å². The molecule has 18 heavy (non-hydrogen) atoms. The van der Waals surface area contributed by atoms with E-state index in [2.05, 4.69) is 9.97 Å². The molecule has 0 aliphatic carbocycles.